The van der Waals surface area contributed by atoms with E-state index in [1.165, 1.54) is 18.1 Å². The van der Waals surface area contributed by atoms with Gasteiger partial charge in [0.25, 0.3) is 5.91 Å². The van der Waals surface area contributed by atoms with E-state index >= 15 is 0 Å². The molecule has 1 aliphatic heterocycles. The number of aliphatic imine (C=N–C) groups is 2. The fourth-order valence-corrected chi connectivity index (χ4v) is 0.746. The zero-order valence-electron chi connectivity index (χ0n) is 4.07. The van der Waals surface area contributed by atoms with E-state index in [1.807, 2.05) is 0 Å². The number of carbonyl (C=O) groups excluding carboxylic acids is 1. The van der Waals surface area contributed by atoms with Crippen LogP contribution in [0.5, 0.6) is 0 Å². The molecule has 0 atom stereocenters. The van der Waals surface area contributed by atoms with Crippen molar-refractivity contribution in [1.29, 1.82) is 0 Å². The Kier molecular flexibility index (Phi) is 1.80. The molecule has 0 aromatic rings. The average molecular weight is 128 g/mol. The first-order valence-electron chi connectivity index (χ1n) is 2.08. The quantitative estimate of drug-likeness (QED) is 0.471. The van der Waals surface area contributed by atoms with Crippen molar-refractivity contribution in [2.75, 3.05) is 5.75 Å². The summed E-state index contributed by atoms with van der Waals surface area (Å²) >= 11 is 1.36. The smallest absolute Gasteiger partial charge is 0.257 e. The summed E-state index contributed by atoms with van der Waals surface area (Å²) in [5, 5.41) is 0. The second-order valence-corrected chi connectivity index (χ2v) is 2.04. The van der Waals surface area contributed by atoms with Gasteiger partial charge in [-0.15, -0.1) is 11.8 Å². The van der Waals surface area contributed by atoms with Crippen LogP contribution in [0.2, 0.25) is 0 Å². The van der Waals surface area contributed by atoms with Gasteiger partial charge in [0.1, 0.15) is 6.34 Å². The van der Waals surface area contributed by atoms with Gasteiger partial charge in [-0.2, -0.15) is 0 Å². The van der Waals surface area contributed by atoms with Crippen LogP contribution in [0, 0.1) is 0 Å². The van der Waals surface area contributed by atoms with Gasteiger partial charge in [0.2, 0.25) is 0 Å². The number of rotatable bonds is 0. The Morgan fingerprint density at radius 2 is 2.62 bits per heavy atom. The number of hydrogen-bond donors (Lipinski definition) is 0. The van der Waals surface area contributed by atoms with E-state index in [2.05, 4.69) is 9.98 Å². The maximum absolute atomic E-state index is 10.4. The van der Waals surface area contributed by atoms with E-state index < -0.39 is 0 Å². The van der Waals surface area contributed by atoms with Gasteiger partial charge in [0.15, 0.2) is 0 Å². The molecule has 0 spiro atoms. The SMILES string of the molecule is O=C1CSC=NC=N1. The van der Waals surface area contributed by atoms with Gasteiger partial charge < -0.3 is 0 Å². The summed E-state index contributed by atoms with van der Waals surface area (Å²) in [5.41, 5.74) is 1.61. The van der Waals surface area contributed by atoms with Crippen molar-refractivity contribution in [2.45, 2.75) is 0 Å². The summed E-state index contributed by atoms with van der Waals surface area (Å²) < 4.78 is 0. The lowest BCUT2D eigenvalue weighted by atomic mass is 10.7. The fraction of sp³-hybridized carbons (Fsp3) is 0.250. The minimum atomic E-state index is -0.118. The summed E-state index contributed by atoms with van der Waals surface area (Å²) in [6.07, 6.45) is 1.27. The van der Waals surface area contributed by atoms with E-state index in [-0.39, 0.29) is 5.91 Å². The van der Waals surface area contributed by atoms with Crippen LogP contribution >= 0.6 is 11.8 Å². The minimum Gasteiger partial charge on any atom is -0.272 e. The van der Waals surface area contributed by atoms with Gasteiger partial charge in [-0.1, -0.05) is 0 Å². The lowest BCUT2D eigenvalue weighted by molar-refractivity contribution is -0.115. The number of thioether (sulfide) groups is 1. The topological polar surface area (TPSA) is 41.8 Å². The maximum atomic E-state index is 10.4. The number of carbonyl (C=O) groups is 1. The van der Waals surface area contributed by atoms with Crippen LogP contribution < -0.4 is 0 Å². The third-order valence-corrected chi connectivity index (χ3v) is 1.30. The van der Waals surface area contributed by atoms with Crippen LogP contribution in [-0.4, -0.2) is 23.5 Å². The Bertz CT molecular complexity index is 152. The van der Waals surface area contributed by atoms with Crippen LogP contribution in [0.3, 0.4) is 0 Å². The molecule has 8 heavy (non-hydrogen) atoms. The van der Waals surface area contributed by atoms with Gasteiger partial charge in [-0.25, -0.2) is 9.98 Å². The van der Waals surface area contributed by atoms with Crippen molar-refractivity contribution in [3.63, 3.8) is 0 Å². The highest BCUT2D eigenvalue weighted by Gasteiger charge is 1.96. The molecule has 0 saturated carbocycles. The largest absolute Gasteiger partial charge is 0.272 e. The fourth-order valence-electron chi connectivity index (χ4n) is 0.314. The summed E-state index contributed by atoms with van der Waals surface area (Å²) in [5.74, 6) is 0.299. The molecule has 1 aliphatic rings. The van der Waals surface area contributed by atoms with E-state index in [1.54, 1.807) is 5.55 Å². The first kappa shape index (κ1) is 5.50. The van der Waals surface area contributed by atoms with Gasteiger partial charge >= 0.3 is 0 Å². The van der Waals surface area contributed by atoms with Crippen LogP contribution in [0.4, 0.5) is 0 Å². The molecular weight excluding hydrogens is 124 g/mol. The Balaban J connectivity index is 2.58. The molecule has 0 aromatic carbocycles. The minimum absolute atomic E-state index is 0.118. The Labute approximate surface area is 50.9 Å². The van der Waals surface area contributed by atoms with Crippen LogP contribution in [0.1, 0.15) is 0 Å². The van der Waals surface area contributed by atoms with Gasteiger partial charge in [-0.3, -0.25) is 4.79 Å². The molecule has 42 valence electrons. The molecule has 0 unspecified atom stereocenters. The average Bonchev–Trinajstić information content (AvgIpc) is 1.94. The molecule has 1 rings (SSSR count). The zero-order valence-corrected chi connectivity index (χ0v) is 4.89. The van der Waals surface area contributed by atoms with E-state index in [9.17, 15) is 4.79 Å². The van der Waals surface area contributed by atoms with E-state index in [0.29, 0.717) is 5.75 Å². The van der Waals surface area contributed by atoms with Crippen molar-refractivity contribution < 1.29 is 4.79 Å². The highest BCUT2D eigenvalue weighted by Crippen LogP contribution is 1.97. The Morgan fingerprint density at radius 1 is 1.75 bits per heavy atom. The molecule has 0 aliphatic carbocycles. The highest BCUT2D eigenvalue weighted by molar-refractivity contribution is 8.12. The monoisotopic (exact) mass is 128 g/mol. The zero-order chi connectivity index (χ0) is 5.82. The van der Waals surface area contributed by atoms with Crippen molar-refractivity contribution >= 4 is 29.6 Å². The lowest BCUT2D eigenvalue weighted by Gasteiger charge is -1.80. The summed E-state index contributed by atoms with van der Waals surface area (Å²) in [6, 6.07) is 0. The van der Waals surface area contributed by atoms with Crippen LogP contribution in [0.15, 0.2) is 9.98 Å². The molecule has 1 amide bonds. The van der Waals surface area contributed by atoms with Crippen LogP contribution in [-0.2, 0) is 4.79 Å². The summed E-state index contributed by atoms with van der Waals surface area (Å²) in [7, 11) is 0. The lowest BCUT2D eigenvalue weighted by Crippen LogP contribution is -1.93. The third kappa shape index (κ3) is 1.46. The molecular formula is C4H4N2OS. The van der Waals surface area contributed by atoms with Crippen molar-refractivity contribution in [3.05, 3.63) is 0 Å². The predicted molar refractivity (Wildman–Crippen MR) is 34.4 cm³/mol. The Morgan fingerprint density at radius 3 is 3.50 bits per heavy atom. The molecule has 1 heterocycles. The highest BCUT2D eigenvalue weighted by atomic mass is 32.2. The second kappa shape index (κ2) is 2.61. The van der Waals surface area contributed by atoms with Crippen molar-refractivity contribution in [2.24, 2.45) is 9.98 Å². The van der Waals surface area contributed by atoms with Crippen LogP contribution in [0.25, 0.3) is 0 Å². The van der Waals surface area contributed by atoms with Gasteiger partial charge in [0.05, 0.1) is 11.3 Å². The Hall–Kier alpha value is -0.640. The summed E-state index contributed by atoms with van der Waals surface area (Å²) in [6.45, 7) is 0. The first-order valence-corrected chi connectivity index (χ1v) is 3.13. The van der Waals surface area contributed by atoms with Gasteiger partial charge in [-0.05, 0) is 0 Å². The molecule has 0 bridgehead atoms. The standard InChI is InChI=1S/C4H4N2OS/c7-4-1-8-3-5-2-6-4/h2-3H,1H2. The molecule has 4 heteroatoms. The predicted octanol–water partition coefficient (Wildman–Crippen LogP) is 0.316. The molecule has 0 aromatic heterocycles. The molecule has 3 nitrogen and oxygen atoms in total. The van der Waals surface area contributed by atoms with Crippen molar-refractivity contribution in [1.82, 2.24) is 0 Å². The summed E-state index contributed by atoms with van der Waals surface area (Å²) in [4.78, 5) is 17.5. The second-order valence-electron chi connectivity index (χ2n) is 1.20. The van der Waals surface area contributed by atoms with E-state index in [4.69, 9.17) is 0 Å². The maximum Gasteiger partial charge on any atom is 0.257 e. The molecule has 0 N–H and O–H groups in total. The van der Waals surface area contributed by atoms with Gasteiger partial charge in [0, 0.05) is 0 Å². The molecule has 0 radical (unpaired) electrons. The van der Waals surface area contributed by atoms with Crippen molar-refractivity contribution in [3.8, 4) is 0 Å². The number of nitrogens with zero attached hydrogens (tertiary/aromatic N) is 2. The normalized spacial score (nSPS) is 18.8. The number of amides is 1. The van der Waals surface area contributed by atoms with E-state index in [0.717, 1.165) is 0 Å². The number of hydrogen-bond acceptors (Lipinski definition) is 3. The molecule has 0 fully saturated rings. The molecule has 0 saturated heterocycles. The third-order valence-electron chi connectivity index (χ3n) is 0.611. The first-order chi connectivity index (χ1) is 3.89.